The molecule has 1 aromatic rings. The minimum absolute atomic E-state index is 0.0707. The van der Waals surface area contributed by atoms with Gasteiger partial charge in [-0.3, -0.25) is 4.79 Å². The lowest BCUT2D eigenvalue weighted by atomic mass is 9.95. The molecule has 0 unspecified atom stereocenters. The molecular formula is C11H14BrN3O. The quantitative estimate of drug-likeness (QED) is 0.844. The fourth-order valence-corrected chi connectivity index (χ4v) is 2.41. The topological polar surface area (TPSA) is 54.9 Å². The second kappa shape index (κ2) is 5.39. The number of aromatic nitrogens is 2. The van der Waals surface area contributed by atoms with Crippen molar-refractivity contribution in [2.45, 2.75) is 36.6 Å². The molecule has 0 atom stereocenters. The number of nitrogens with one attached hydrogen (secondary N) is 1. The summed E-state index contributed by atoms with van der Waals surface area (Å²) in [7, 11) is 0. The van der Waals surface area contributed by atoms with E-state index in [9.17, 15) is 4.79 Å². The van der Waals surface area contributed by atoms with Crippen molar-refractivity contribution < 1.29 is 4.79 Å². The standard InChI is InChI=1S/C11H14BrN3O/c12-9-1-3-10(4-2-9)15-11(16)8-5-13-7-14-6-8/h5-7,9-10H,1-4H2,(H,15,16). The average molecular weight is 284 g/mol. The highest BCUT2D eigenvalue weighted by Crippen LogP contribution is 2.24. The summed E-state index contributed by atoms with van der Waals surface area (Å²) in [4.78, 5) is 20.1. The maximum atomic E-state index is 11.8. The first-order valence-corrected chi connectivity index (χ1v) is 6.37. The SMILES string of the molecule is O=C(NC1CCC(Br)CC1)c1cncnc1. The largest absolute Gasteiger partial charge is 0.349 e. The van der Waals surface area contributed by atoms with Crippen LogP contribution in [-0.4, -0.2) is 26.7 Å². The van der Waals surface area contributed by atoms with E-state index in [0.29, 0.717) is 16.4 Å². The van der Waals surface area contributed by atoms with Gasteiger partial charge in [-0.15, -0.1) is 0 Å². The van der Waals surface area contributed by atoms with Crippen molar-refractivity contribution in [1.29, 1.82) is 0 Å². The Morgan fingerprint density at radius 2 is 1.88 bits per heavy atom. The predicted octanol–water partition coefficient (Wildman–Crippen LogP) is 1.91. The summed E-state index contributed by atoms with van der Waals surface area (Å²) >= 11 is 3.59. The molecule has 1 aliphatic rings. The molecule has 1 amide bonds. The highest BCUT2D eigenvalue weighted by molar-refractivity contribution is 9.09. The first-order valence-electron chi connectivity index (χ1n) is 5.45. The number of amides is 1. The van der Waals surface area contributed by atoms with Crippen LogP contribution in [0.4, 0.5) is 0 Å². The Bertz CT molecular complexity index is 350. The molecule has 1 N–H and O–H groups in total. The van der Waals surface area contributed by atoms with Gasteiger partial charge in [0.15, 0.2) is 0 Å². The van der Waals surface area contributed by atoms with Crippen molar-refractivity contribution in [1.82, 2.24) is 15.3 Å². The van der Waals surface area contributed by atoms with Crippen LogP contribution in [0, 0.1) is 0 Å². The van der Waals surface area contributed by atoms with Gasteiger partial charge < -0.3 is 5.32 Å². The van der Waals surface area contributed by atoms with Crippen molar-refractivity contribution in [2.75, 3.05) is 0 Å². The molecule has 1 aliphatic carbocycles. The normalized spacial score (nSPS) is 25.1. The summed E-state index contributed by atoms with van der Waals surface area (Å²) in [5, 5.41) is 3.02. The maximum absolute atomic E-state index is 11.8. The molecule has 1 saturated carbocycles. The molecule has 0 saturated heterocycles. The van der Waals surface area contributed by atoms with Crippen molar-refractivity contribution in [3.05, 3.63) is 24.3 Å². The Balaban J connectivity index is 1.88. The molecular weight excluding hydrogens is 270 g/mol. The van der Waals surface area contributed by atoms with E-state index < -0.39 is 0 Å². The number of alkyl halides is 1. The maximum Gasteiger partial charge on any atom is 0.254 e. The van der Waals surface area contributed by atoms with Crippen LogP contribution in [0.3, 0.4) is 0 Å². The van der Waals surface area contributed by atoms with E-state index in [0.717, 1.165) is 25.7 Å². The summed E-state index contributed by atoms with van der Waals surface area (Å²) in [6.07, 6.45) is 8.82. The Kier molecular flexibility index (Phi) is 3.88. The number of carbonyl (C=O) groups is 1. The first kappa shape index (κ1) is 11.5. The molecule has 0 spiro atoms. The zero-order valence-corrected chi connectivity index (χ0v) is 10.5. The van der Waals surface area contributed by atoms with E-state index in [2.05, 4.69) is 31.2 Å². The van der Waals surface area contributed by atoms with Gasteiger partial charge in [0.2, 0.25) is 0 Å². The van der Waals surface area contributed by atoms with E-state index in [1.807, 2.05) is 0 Å². The molecule has 0 aromatic carbocycles. The van der Waals surface area contributed by atoms with Gasteiger partial charge in [-0.25, -0.2) is 9.97 Å². The molecule has 2 rings (SSSR count). The number of hydrogen-bond donors (Lipinski definition) is 1. The zero-order valence-electron chi connectivity index (χ0n) is 8.90. The fourth-order valence-electron chi connectivity index (χ4n) is 1.88. The highest BCUT2D eigenvalue weighted by atomic mass is 79.9. The molecule has 1 fully saturated rings. The van der Waals surface area contributed by atoms with Gasteiger partial charge in [-0.05, 0) is 25.7 Å². The van der Waals surface area contributed by atoms with Crippen molar-refractivity contribution in [3.63, 3.8) is 0 Å². The molecule has 1 aromatic heterocycles. The Morgan fingerprint density at radius 1 is 1.25 bits per heavy atom. The van der Waals surface area contributed by atoms with Crippen LogP contribution < -0.4 is 5.32 Å². The smallest absolute Gasteiger partial charge is 0.254 e. The van der Waals surface area contributed by atoms with Crippen molar-refractivity contribution >= 4 is 21.8 Å². The monoisotopic (exact) mass is 283 g/mol. The Morgan fingerprint density at radius 3 is 2.50 bits per heavy atom. The van der Waals surface area contributed by atoms with E-state index in [1.165, 1.54) is 6.33 Å². The number of nitrogens with zero attached hydrogens (tertiary/aromatic N) is 2. The van der Waals surface area contributed by atoms with E-state index in [-0.39, 0.29) is 5.91 Å². The van der Waals surface area contributed by atoms with Crippen LogP contribution in [0.25, 0.3) is 0 Å². The van der Waals surface area contributed by atoms with Gasteiger partial charge in [0, 0.05) is 23.3 Å². The number of rotatable bonds is 2. The molecule has 5 heteroatoms. The summed E-state index contributed by atoms with van der Waals surface area (Å²) in [6, 6.07) is 0.293. The lowest BCUT2D eigenvalue weighted by Crippen LogP contribution is -2.37. The van der Waals surface area contributed by atoms with Crippen LogP contribution in [0.15, 0.2) is 18.7 Å². The van der Waals surface area contributed by atoms with Gasteiger partial charge in [0.1, 0.15) is 6.33 Å². The molecule has 1 heterocycles. The Labute approximate surface area is 103 Å². The van der Waals surface area contributed by atoms with Crippen LogP contribution in [-0.2, 0) is 0 Å². The third-order valence-electron chi connectivity index (χ3n) is 2.81. The Hall–Kier alpha value is -0.970. The molecule has 0 bridgehead atoms. The van der Waals surface area contributed by atoms with Crippen LogP contribution >= 0.6 is 15.9 Å². The molecule has 0 radical (unpaired) electrons. The van der Waals surface area contributed by atoms with Gasteiger partial charge in [-0.1, -0.05) is 15.9 Å². The molecule has 4 nitrogen and oxygen atoms in total. The van der Waals surface area contributed by atoms with Crippen LogP contribution in [0.1, 0.15) is 36.0 Å². The number of carbonyl (C=O) groups excluding carboxylic acids is 1. The summed E-state index contributed by atoms with van der Waals surface area (Å²) in [5.74, 6) is -0.0707. The van der Waals surface area contributed by atoms with Gasteiger partial charge in [0.05, 0.1) is 5.56 Å². The third kappa shape index (κ3) is 3.01. The number of hydrogen-bond acceptors (Lipinski definition) is 3. The van der Waals surface area contributed by atoms with E-state index >= 15 is 0 Å². The fraction of sp³-hybridized carbons (Fsp3) is 0.545. The summed E-state index contributed by atoms with van der Waals surface area (Å²) in [6.45, 7) is 0. The number of halogens is 1. The van der Waals surface area contributed by atoms with Crippen LogP contribution in [0.5, 0.6) is 0 Å². The second-order valence-corrected chi connectivity index (χ2v) is 5.34. The van der Waals surface area contributed by atoms with Gasteiger partial charge in [0.25, 0.3) is 5.91 Å². The van der Waals surface area contributed by atoms with Crippen molar-refractivity contribution in [3.8, 4) is 0 Å². The minimum Gasteiger partial charge on any atom is -0.349 e. The van der Waals surface area contributed by atoms with E-state index in [1.54, 1.807) is 12.4 Å². The summed E-state index contributed by atoms with van der Waals surface area (Å²) < 4.78 is 0. The summed E-state index contributed by atoms with van der Waals surface area (Å²) in [5.41, 5.74) is 0.531. The zero-order chi connectivity index (χ0) is 11.4. The highest BCUT2D eigenvalue weighted by Gasteiger charge is 2.21. The van der Waals surface area contributed by atoms with Crippen molar-refractivity contribution in [2.24, 2.45) is 0 Å². The average Bonchev–Trinajstić information content (AvgIpc) is 2.33. The first-order chi connectivity index (χ1) is 7.75. The van der Waals surface area contributed by atoms with E-state index in [4.69, 9.17) is 0 Å². The lowest BCUT2D eigenvalue weighted by Gasteiger charge is -2.25. The predicted molar refractivity (Wildman–Crippen MR) is 64.5 cm³/mol. The molecule has 86 valence electrons. The van der Waals surface area contributed by atoms with Crippen LogP contribution in [0.2, 0.25) is 0 Å². The second-order valence-electron chi connectivity index (χ2n) is 4.05. The van der Waals surface area contributed by atoms with Gasteiger partial charge >= 0.3 is 0 Å². The third-order valence-corrected chi connectivity index (χ3v) is 3.73. The minimum atomic E-state index is -0.0707. The van der Waals surface area contributed by atoms with Gasteiger partial charge in [-0.2, -0.15) is 0 Å². The lowest BCUT2D eigenvalue weighted by molar-refractivity contribution is 0.0927. The molecule has 16 heavy (non-hydrogen) atoms. The molecule has 0 aliphatic heterocycles.